The van der Waals surface area contributed by atoms with Crippen LogP contribution in [0, 0.1) is 5.41 Å². The standard InChI is InChI=1S/C13H25NO2/c1-4-6-11(3)14-9-8-13(10-14,7-5-2)12(15)16/h11H,4-10H2,1-3H3,(H,15,16). The summed E-state index contributed by atoms with van der Waals surface area (Å²) < 4.78 is 0. The number of nitrogens with zero attached hydrogens (tertiary/aromatic N) is 1. The molecule has 2 unspecified atom stereocenters. The van der Waals surface area contributed by atoms with Gasteiger partial charge < -0.3 is 5.11 Å². The summed E-state index contributed by atoms with van der Waals surface area (Å²) in [7, 11) is 0. The number of carboxylic acids is 1. The van der Waals surface area contributed by atoms with Crippen LogP contribution in [0.4, 0.5) is 0 Å². The van der Waals surface area contributed by atoms with Crippen LogP contribution in [-0.2, 0) is 4.79 Å². The molecule has 1 aliphatic rings. The molecule has 0 aromatic carbocycles. The Morgan fingerprint density at radius 2 is 2.12 bits per heavy atom. The van der Waals surface area contributed by atoms with E-state index < -0.39 is 11.4 Å². The fourth-order valence-electron chi connectivity index (χ4n) is 2.85. The van der Waals surface area contributed by atoms with Crippen molar-refractivity contribution in [2.75, 3.05) is 13.1 Å². The molecule has 2 atom stereocenters. The molecule has 0 aromatic rings. The molecule has 1 saturated heterocycles. The first kappa shape index (κ1) is 13.5. The van der Waals surface area contributed by atoms with Crippen molar-refractivity contribution < 1.29 is 9.90 Å². The molecule has 0 spiro atoms. The van der Waals surface area contributed by atoms with Gasteiger partial charge in [0.2, 0.25) is 0 Å². The molecule has 0 amide bonds. The highest BCUT2D eigenvalue weighted by molar-refractivity contribution is 5.75. The van der Waals surface area contributed by atoms with Crippen LogP contribution in [0.25, 0.3) is 0 Å². The second-order valence-corrected chi connectivity index (χ2v) is 5.19. The molecule has 1 fully saturated rings. The largest absolute Gasteiger partial charge is 0.481 e. The highest BCUT2D eigenvalue weighted by Gasteiger charge is 2.44. The molecule has 0 aliphatic carbocycles. The Bertz CT molecular complexity index is 242. The van der Waals surface area contributed by atoms with E-state index >= 15 is 0 Å². The summed E-state index contributed by atoms with van der Waals surface area (Å²) in [4.78, 5) is 13.8. The van der Waals surface area contributed by atoms with Gasteiger partial charge in [0.1, 0.15) is 0 Å². The Morgan fingerprint density at radius 1 is 1.44 bits per heavy atom. The van der Waals surface area contributed by atoms with Gasteiger partial charge in [0, 0.05) is 12.6 Å². The number of hydrogen-bond donors (Lipinski definition) is 1. The summed E-state index contributed by atoms with van der Waals surface area (Å²) in [6.45, 7) is 8.17. The van der Waals surface area contributed by atoms with E-state index in [4.69, 9.17) is 0 Å². The fourth-order valence-corrected chi connectivity index (χ4v) is 2.85. The summed E-state index contributed by atoms with van der Waals surface area (Å²) in [6, 6.07) is 0.531. The molecular formula is C13H25NO2. The first-order valence-electron chi connectivity index (χ1n) is 6.53. The minimum atomic E-state index is -0.597. The third-order valence-electron chi connectivity index (χ3n) is 3.90. The van der Waals surface area contributed by atoms with Crippen LogP contribution >= 0.6 is 0 Å². The normalized spacial score (nSPS) is 28.2. The van der Waals surface area contributed by atoms with E-state index in [0.29, 0.717) is 6.04 Å². The number of hydrogen-bond acceptors (Lipinski definition) is 2. The van der Waals surface area contributed by atoms with Gasteiger partial charge in [-0.1, -0.05) is 26.7 Å². The highest BCUT2D eigenvalue weighted by atomic mass is 16.4. The number of carbonyl (C=O) groups is 1. The summed E-state index contributed by atoms with van der Waals surface area (Å²) in [6.07, 6.45) is 4.94. The number of likely N-dealkylation sites (tertiary alicyclic amines) is 1. The Kier molecular flexibility index (Phi) is 4.78. The van der Waals surface area contributed by atoms with Crippen LogP contribution in [-0.4, -0.2) is 35.1 Å². The minimum Gasteiger partial charge on any atom is -0.481 e. The second-order valence-electron chi connectivity index (χ2n) is 5.19. The molecule has 94 valence electrons. The van der Waals surface area contributed by atoms with Crippen molar-refractivity contribution in [2.24, 2.45) is 5.41 Å². The lowest BCUT2D eigenvalue weighted by Gasteiger charge is -2.27. The van der Waals surface area contributed by atoms with Crippen molar-refractivity contribution in [1.82, 2.24) is 4.90 Å². The Labute approximate surface area is 98.8 Å². The average Bonchev–Trinajstić information content (AvgIpc) is 2.64. The van der Waals surface area contributed by atoms with Gasteiger partial charge in [0.15, 0.2) is 0 Å². The number of rotatable bonds is 6. The zero-order chi connectivity index (χ0) is 12.2. The van der Waals surface area contributed by atoms with Crippen molar-refractivity contribution >= 4 is 5.97 Å². The molecule has 0 bridgehead atoms. The lowest BCUT2D eigenvalue weighted by atomic mass is 9.82. The number of carboxylic acid groups (broad SMARTS) is 1. The SMILES string of the molecule is CCCC(C)N1CCC(CCC)(C(=O)O)C1. The molecule has 1 aliphatic heterocycles. The van der Waals surface area contributed by atoms with Crippen LogP contribution in [0.2, 0.25) is 0 Å². The van der Waals surface area contributed by atoms with Gasteiger partial charge >= 0.3 is 5.97 Å². The molecule has 1 N–H and O–H groups in total. The third-order valence-corrected chi connectivity index (χ3v) is 3.90. The van der Waals surface area contributed by atoms with Crippen molar-refractivity contribution in [3.8, 4) is 0 Å². The highest BCUT2D eigenvalue weighted by Crippen LogP contribution is 2.36. The minimum absolute atomic E-state index is 0.462. The second kappa shape index (κ2) is 5.67. The van der Waals surface area contributed by atoms with Crippen LogP contribution in [0.1, 0.15) is 52.9 Å². The fraction of sp³-hybridized carbons (Fsp3) is 0.923. The Morgan fingerprint density at radius 3 is 2.62 bits per heavy atom. The van der Waals surface area contributed by atoms with Gasteiger partial charge in [-0.3, -0.25) is 9.69 Å². The van der Waals surface area contributed by atoms with E-state index in [1.165, 1.54) is 12.8 Å². The summed E-state index contributed by atoms with van der Waals surface area (Å²) in [5.41, 5.74) is -0.462. The lowest BCUT2D eigenvalue weighted by molar-refractivity contribution is -0.148. The molecule has 1 rings (SSSR count). The molecular weight excluding hydrogens is 202 g/mol. The van der Waals surface area contributed by atoms with Gasteiger partial charge in [-0.15, -0.1) is 0 Å². The molecule has 0 aromatic heterocycles. The first-order chi connectivity index (χ1) is 7.55. The van der Waals surface area contributed by atoms with Crippen molar-refractivity contribution in [2.45, 2.75) is 58.9 Å². The lowest BCUT2D eigenvalue weighted by Crippen LogP contribution is -2.37. The topological polar surface area (TPSA) is 40.5 Å². The van der Waals surface area contributed by atoms with E-state index in [2.05, 4.69) is 25.7 Å². The van der Waals surface area contributed by atoms with Gasteiger partial charge in [-0.05, 0) is 32.7 Å². The Balaban J connectivity index is 2.63. The summed E-state index contributed by atoms with van der Waals surface area (Å²) in [5, 5.41) is 9.40. The van der Waals surface area contributed by atoms with E-state index in [1.807, 2.05) is 0 Å². The third kappa shape index (κ3) is 2.76. The maximum atomic E-state index is 11.4. The molecule has 3 nitrogen and oxygen atoms in total. The molecule has 16 heavy (non-hydrogen) atoms. The van der Waals surface area contributed by atoms with Crippen molar-refractivity contribution in [3.05, 3.63) is 0 Å². The zero-order valence-corrected chi connectivity index (χ0v) is 10.8. The molecule has 3 heteroatoms. The van der Waals surface area contributed by atoms with Crippen LogP contribution in [0.15, 0.2) is 0 Å². The van der Waals surface area contributed by atoms with E-state index in [1.54, 1.807) is 0 Å². The predicted molar refractivity (Wildman–Crippen MR) is 65.5 cm³/mol. The van der Waals surface area contributed by atoms with E-state index in [-0.39, 0.29) is 0 Å². The van der Waals surface area contributed by atoms with Crippen LogP contribution in [0.3, 0.4) is 0 Å². The van der Waals surface area contributed by atoms with Gasteiger partial charge in [0.25, 0.3) is 0 Å². The smallest absolute Gasteiger partial charge is 0.310 e. The predicted octanol–water partition coefficient (Wildman–Crippen LogP) is 2.75. The Hall–Kier alpha value is -0.570. The summed E-state index contributed by atoms with van der Waals surface area (Å²) in [5.74, 6) is -0.597. The molecule has 1 heterocycles. The van der Waals surface area contributed by atoms with Gasteiger partial charge in [-0.25, -0.2) is 0 Å². The van der Waals surface area contributed by atoms with Gasteiger partial charge in [0.05, 0.1) is 5.41 Å². The quantitative estimate of drug-likeness (QED) is 0.758. The van der Waals surface area contributed by atoms with Crippen molar-refractivity contribution in [3.63, 3.8) is 0 Å². The summed E-state index contributed by atoms with van der Waals surface area (Å²) >= 11 is 0. The first-order valence-corrected chi connectivity index (χ1v) is 6.53. The zero-order valence-electron chi connectivity index (χ0n) is 10.8. The molecule has 0 radical (unpaired) electrons. The van der Waals surface area contributed by atoms with Crippen LogP contribution < -0.4 is 0 Å². The van der Waals surface area contributed by atoms with Crippen molar-refractivity contribution in [1.29, 1.82) is 0 Å². The maximum absolute atomic E-state index is 11.4. The maximum Gasteiger partial charge on any atom is 0.310 e. The monoisotopic (exact) mass is 227 g/mol. The average molecular weight is 227 g/mol. The van der Waals surface area contributed by atoms with E-state index in [9.17, 15) is 9.90 Å². The van der Waals surface area contributed by atoms with E-state index in [0.717, 1.165) is 32.4 Å². The van der Waals surface area contributed by atoms with Crippen LogP contribution in [0.5, 0.6) is 0 Å². The number of aliphatic carboxylic acids is 1. The van der Waals surface area contributed by atoms with Gasteiger partial charge in [-0.2, -0.15) is 0 Å². The molecule has 0 saturated carbocycles.